The fourth-order valence-corrected chi connectivity index (χ4v) is 11.2. The van der Waals surface area contributed by atoms with E-state index in [9.17, 15) is 16.8 Å². The third kappa shape index (κ3) is 8.64. The largest absolute Gasteiger partial charge is 0.441 e. The Kier molecular flexibility index (Phi) is 12.1. The smallest absolute Gasteiger partial charge is 0.282 e. The molecule has 1 saturated carbocycles. The monoisotopic (exact) mass is 729 g/mol. The molecule has 1 aliphatic carbocycles. The Morgan fingerprint density at radius 1 is 0.760 bits per heavy atom. The Labute approximate surface area is 299 Å². The van der Waals surface area contributed by atoms with Gasteiger partial charge in [0.15, 0.2) is 12.0 Å². The van der Waals surface area contributed by atoms with Crippen molar-refractivity contribution in [2.24, 2.45) is 11.8 Å². The average Bonchev–Trinajstić information content (AvgIpc) is 3.60. The van der Waals surface area contributed by atoms with Crippen LogP contribution in [0.15, 0.2) is 58.2 Å². The molecule has 3 aromatic rings. The summed E-state index contributed by atoms with van der Waals surface area (Å²) in [5.41, 5.74) is 3.35. The van der Waals surface area contributed by atoms with E-state index >= 15 is 0 Å². The third-order valence-corrected chi connectivity index (χ3v) is 14.5. The van der Waals surface area contributed by atoms with Crippen LogP contribution in [0.1, 0.15) is 51.9 Å². The number of aromatic nitrogens is 1. The van der Waals surface area contributed by atoms with Crippen molar-refractivity contribution < 1.29 is 21.3 Å². The molecule has 1 aromatic heterocycles. The van der Waals surface area contributed by atoms with E-state index in [0.29, 0.717) is 50.8 Å². The van der Waals surface area contributed by atoms with Crippen LogP contribution in [0.3, 0.4) is 0 Å². The molecule has 2 saturated heterocycles. The second-order valence-corrected chi connectivity index (χ2v) is 18.5. The number of anilines is 2. The maximum absolute atomic E-state index is 14.4. The molecule has 0 spiro atoms. The van der Waals surface area contributed by atoms with Gasteiger partial charge in [-0.05, 0) is 87.0 Å². The van der Waals surface area contributed by atoms with Crippen LogP contribution < -0.4 is 9.80 Å². The molecule has 0 unspecified atom stereocenters. The molecular weight excluding hydrogens is 675 g/mol. The number of sulfonamides is 1. The zero-order valence-corrected chi connectivity index (χ0v) is 31.6. The molecule has 0 N–H and O–H groups in total. The molecule has 1 atom stereocenters. The number of hydrogen-bond acceptors (Lipinski definition) is 9. The van der Waals surface area contributed by atoms with Crippen molar-refractivity contribution in [3.05, 3.63) is 48.9 Å². The van der Waals surface area contributed by atoms with E-state index in [2.05, 4.69) is 14.8 Å². The highest BCUT2D eigenvalue weighted by atomic mass is 32.2. The molecule has 14 heteroatoms. The van der Waals surface area contributed by atoms with Gasteiger partial charge in [-0.25, -0.2) is 13.4 Å². The first-order valence-electron chi connectivity index (χ1n) is 18.3. The maximum Gasteiger partial charge on any atom is 0.282 e. The summed E-state index contributed by atoms with van der Waals surface area (Å²) < 4.78 is 67.4. The highest BCUT2D eigenvalue weighted by Crippen LogP contribution is 2.29. The molecule has 6 rings (SSSR count). The number of nitrogens with zero attached hydrogens (tertiary/aromatic N) is 7. The van der Waals surface area contributed by atoms with E-state index < -0.39 is 20.2 Å². The number of para-hydroxylation sites is 1. The Balaban J connectivity index is 1.20. The van der Waals surface area contributed by atoms with Crippen LogP contribution in [-0.2, 0) is 20.2 Å². The summed E-state index contributed by atoms with van der Waals surface area (Å²) in [5.74, 6) is 0.439. The Hall–Kier alpha value is -2.75. The normalized spacial score (nSPS) is 22.7. The number of benzene rings is 2. The fourth-order valence-electron chi connectivity index (χ4n) is 7.84. The minimum Gasteiger partial charge on any atom is -0.441 e. The van der Waals surface area contributed by atoms with Gasteiger partial charge in [0.1, 0.15) is 5.52 Å². The molecule has 0 amide bonds. The zero-order valence-electron chi connectivity index (χ0n) is 30.0. The predicted octanol–water partition coefficient (Wildman–Crippen LogP) is 4.57. The van der Waals surface area contributed by atoms with Gasteiger partial charge in [0.25, 0.3) is 10.2 Å². The summed E-state index contributed by atoms with van der Waals surface area (Å²) in [7, 11) is -3.72. The molecule has 276 valence electrons. The van der Waals surface area contributed by atoms with Gasteiger partial charge in [-0.1, -0.05) is 32.3 Å². The topological polar surface area (TPSA) is 114 Å². The van der Waals surface area contributed by atoms with Crippen molar-refractivity contribution >= 4 is 42.7 Å². The summed E-state index contributed by atoms with van der Waals surface area (Å²) in [5, 5.41) is 0. The zero-order chi connectivity index (χ0) is 35.3. The van der Waals surface area contributed by atoms with E-state index in [1.807, 2.05) is 56.3 Å². The minimum absolute atomic E-state index is 0.205. The van der Waals surface area contributed by atoms with E-state index in [1.165, 1.54) is 38.5 Å². The van der Waals surface area contributed by atoms with E-state index in [1.54, 1.807) is 25.0 Å². The van der Waals surface area contributed by atoms with Crippen molar-refractivity contribution in [3.63, 3.8) is 0 Å². The van der Waals surface area contributed by atoms with Crippen molar-refractivity contribution in [2.45, 2.75) is 56.8 Å². The van der Waals surface area contributed by atoms with Gasteiger partial charge >= 0.3 is 0 Å². The fraction of sp³-hybridized carbons (Fsp3) is 0.639. The van der Waals surface area contributed by atoms with E-state index in [-0.39, 0.29) is 23.9 Å². The lowest BCUT2D eigenvalue weighted by Gasteiger charge is -2.39. The van der Waals surface area contributed by atoms with Crippen molar-refractivity contribution in [2.75, 3.05) is 95.9 Å². The summed E-state index contributed by atoms with van der Waals surface area (Å²) >= 11 is 0. The lowest BCUT2D eigenvalue weighted by molar-refractivity contribution is 0.179. The second-order valence-electron chi connectivity index (χ2n) is 14.6. The summed E-state index contributed by atoms with van der Waals surface area (Å²) in [6.45, 7) is 7.65. The SMILES string of the molecule is C[C@H]1CN(S(=O)(=O)c2ccc(N(C)C)cc2)CCCN(CC2CCCCC2)CCCN(S(=O)(=O)N2CCN(c3cccc4ncoc34)CC2)C1. The molecule has 3 fully saturated rings. The molecule has 2 aromatic carbocycles. The van der Waals surface area contributed by atoms with E-state index in [4.69, 9.17) is 4.42 Å². The predicted molar refractivity (Wildman–Crippen MR) is 199 cm³/mol. The Morgan fingerprint density at radius 3 is 2.10 bits per heavy atom. The van der Waals surface area contributed by atoms with Crippen LogP contribution in [0, 0.1) is 11.8 Å². The highest BCUT2D eigenvalue weighted by molar-refractivity contribution is 7.89. The number of rotatable bonds is 8. The van der Waals surface area contributed by atoms with Crippen molar-refractivity contribution in [1.82, 2.24) is 22.8 Å². The molecule has 0 radical (unpaired) electrons. The van der Waals surface area contributed by atoms with Crippen LogP contribution in [0.5, 0.6) is 0 Å². The van der Waals surface area contributed by atoms with Gasteiger partial charge < -0.3 is 19.1 Å². The van der Waals surface area contributed by atoms with Gasteiger partial charge in [0.05, 0.1) is 10.6 Å². The quantitative estimate of drug-likeness (QED) is 0.329. The van der Waals surface area contributed by atoms with Gasteiger partial charge in [-0.3, -0.25) is 0 Å². The highest BCUT2D eigenvalue weighted by Gasteiger charge is 2.35. The van der Waals surface area contributed by atoms with Crippen LogP contribution in [0.4, 0.5) is 11.4 Å². The molecular formula is C36H55N7O5S2. The third-order valence-electron chi connectivity index (χ3n) is 10.6. The van der Waals surface area contributed by atoms with Crippen LogP contribution in [0.2, 0.25) is 0 Å². The van der Waals surface area contributed by atoms with Crippen molar-refractivity contribution in [1.29, 1.82) is 0 Å². The average molecular weight is 730 g/mol. The lowest BCUT2D eigenvalue weighted by Crippen LogP contribution is -2.54. The number of piperazine rings is 1. The Morgan fingerprint density at radius 2 is 1.42 bits per heavy atom. The van der Waals surface area contributed by atoms with Gasteiger partial charge in [0.2, 0.25) is 10.0 Å². The maximum atomic E-state index is 14.4. The standard InChI is InChI=1S/C36H55N7O5S2/c1-30-26-42(49(44,45)33-16-14-32(15-17-33)38(2)3)20-8-18-39(28-31-10-5-4-6-11-31)19-9-21-43(27-30)50(46,47)41-24-22-40(23-25-41)35-13-7-12-34-36(35)48-29-37-34/h7,12-17,29-31H,4-6,8-11,18-28H2,1-3H3/t30-/m0/s1. The molecule has 12 nitrogen and oxygen atoms in total. The van der Waals surface area contributed by atoms with Gasteiger partial charge in [0, 0.05) is 78.7 Å². The van der Waals surface area contributed by atoms with Gasteiger partial charge in [-0.15, -0.1) is 0 Å². The molecule has 2 aliphatic heterocycles. The minimum atomic E-state index is -3.79. The summed E-state index contributed by atoms with van der Waals surface area (Å²) in [4.78, 5) is 11.1. The number of oxazole rings is 1. The van der Waals surface area contributed by atoms with Crippen LogP contribution in [-0.4, -0.2) is 126 Å². The summed E-state index contributed by atoms with van der Waals surface area (Å²) in [6, 6.07) is 12.9. The van der Waals surface area contributed by atoms with Crippen LogP contribution >= 0.6 is 0 Å². The van der Waals surface area contributed by atoms with Crippen LogP contribution in [0.25, 0.3) is 11.1 Å². The molecule has 3 heterocycles. The van der Waals surface area contributed by atoms with Crippen molar-refractivity contribution in [3.8, 4) is 0 Å². The van der Waals surface area contributed by atoms with E-state index in [0.717, 1.165) is 49.4 Å². The first kappa shape index (κ1) is 37.0. The first-order valence-corrected chi connectivity index (χ1v) is 21.2. The van der Waals surface area contributed by atoms with Gasteiger partial charge in [-0.2, -0.15) is 21.3 Å². The number of fused-ring (bicyclic) bond motifs is 1. The number of hydrogen-bond donors (Lipinski definition) is 0. The lowest BCUT2D eigenvalue weighted by atomic mass is 9.89. The molecule has 50 heavy (non-hydrogen) atoms. The summed E-state index contributed by atoms with van der Waals surface area (Å²) in [6.07, 6.45) is 9.21. The first-order chi connectivity index (χ1) is 24.0. The molecule has 3 aliphatic rings. The second kappa shape index (κ2) is 16.3. The molecule has 0 bridgehead atoms. The Bertz CT molecular complexity index is 1750.